The van der Waals surface area contributed by atoms with Gasteiger partial charge in [0.25, 0.3) is 5.91 Å². The van der Waals surface area contributed by atoms with E-state index >= 15 is 0 Å². The van der Waals surface area contributed by atoms with Crippen LogP contribution in [-0.2, 0) is 10.0 Å². The Morgan fingerprint density at radius 2 is 1.77 bits per heavy atom. The molecule has 2 rings (SSSR count). The Balaban J connectivity index is 2.30. The summed E-state index contributed by atoms with van der Waals surface area (Å²) in [5, 5.41) is 3.09. The minimum atomic E-state index is -3.48. The van der Waals surface area contributed by atoms with Crippen molar-refractivity contribution in [3.8, 4) is 0 Å². The molecule has 0 saturated carbocycles. The second kappa shape index (κ2) is 6.37. The van der Waals surface area contributed by atoms with Crippen molar-refractivity contribution < 1.29 is 13.2 Å². The molecule has 0 aliphatic heterocycles. The molecule has 1 amide bonds. The van der Waals surface area contributed by atoms with Gasteiger partial charge in [-0.15, -0.1) is 0 Å². The lowest BCUT2D eigenvalue weighted by Gasteiger charge is -2.12. The summed E-state index contributed by atoms with van der Waals surface area (Å²) in [5.41, 5.74) is 1.86. The van der Waals surface area contributed by atoms with Crippen LogP contribution in [0.5, 0.6) is 0 Å². The highest BCUT2D eigenvalue weighted by molar-refractivity contribution is 7.92. The third kappa shape index (κ3) is 4.22. The van der Waals surface area contributed by atoms with Crippen LogP contribution in [0.3, 0.4) is 0 Å². The lowest BCUT2D eigenvalue weighted by atomic mass is 10.1. The molecule has 0 bridgehead atoms. The third-order valence-electron chi connectivity index (χ3n) is 2.84. The predicted molar refractivity (Wildman–Crippen MR) is 89.1 cm³/mol. The number of carbonyl (C=O) groups excluding carboxylic acids is 1. The number of hydrogen-bond acceptors (Lipinski definition) is 3. The van der Waals surface area contributed by atoms with Gasteiger partial charge in [-0.05, 0) is 36.8 Å². The molecule has 7 heteroatoms. The molecular weight excluding hydrogens is 324 g/mol. The lowest BCUT2D eigenvalue weighted by molar-refractivity contribution is 0.102. The van der Waals surface area contributed by atoms with E-state index in [0.29, 0.717) is 10.7 Å². The number of aryl methyl sites for hydroxylation is 1. The van der Waals surface area contributed by atoms with Crippen LogP contribution in [0.4, 0.5) is 11.4 Å². The maximum absolute atomic E-state index is 12.4. The number of anilines is 2. The summed E-state index contributed by atoms with van der Waals surface area (Å²) in [5.74, 6) is -0.447. The van der Waals surface area contributed by atoms with E-state index in [1.807, 2.05) is 13.0 Å². The molecule has 2 N–H and O–H groups in total. The van der Waals surface area contributed by atoms with Crippen LogP contribution >= 0.6 is 11.6 Å². The van der Waals surface area contributed by atoms with E-state index in [0.717, 1.165) is 11.8 Å². The van der Waals surface area contributed by atoms with Crippen LogP contribution in [0.1, 0.15) is 15.9 Å². The summed E-state index contributed by atoms with van der Waals surface area (Å²) in [6.07, 6.45) is 1.03. The number of benzene rings is 2. The minimum Gasteiger partial charge on any atom is -0.321 e. The van der Waals surface area contributed by atoms with Crippen LogP contribution in [-0.4, -0.2) is 20.6 Å². The minimum absolute atomic E-state index is 0.213. The third-order valence-corrected chi connectivity index (χ3v) is 3.74. The molecule has 0 aliphatic carbocycles. The summed E-state index contributed by atoms with van der Waals surface area (Å²) in [6.45, 7) is 1.89. The Hall–Kier alpha value is -2.05. The SMILES string of the molecule is Cc1ccc(NC(=O)c2ccccc2NS(C)(=O)=O)c(Cl)c1. The molecule has 0 radical (unpaired) electrons. The summed E-state index contributed by atoms with van der Waals surface area (Å²) in [6, 6.07) is 11.6. The Bertz CT molecular complexity index is 819. The number of nitrogens with one attached hydrogen (secondary N) is 2. The van der Waals surface area contributed by atoms with Crippen LogP contribution in [0, 0.1) is 6.92 Å². The van der Waals surface area contributed by atoms with Crippen molar-refractivity contribution in [3.05, 3.63) is 58.6 Å². The molecule has 2 aromatic rings. The van der Waals surface area contributed by atoms with E-state index in [4.69, 9.17) is 11.6 Å². The second-order valence-electron chi connectivity index (χ2n) is 4.86. The second-order valence-corrected chi connectivity index (χ2v) is 7.01. The van der Waals surface area contributed by atoms with Crippen molar-refractivity contribution in [3.63, 3.8) is 0 Å². The van der Waals surface area contributed by atoms with Crippen molar-refractivity contribution in [2.45, 2.75) is 6.92 Å². The van der Waals surface area contributed by atoms with Gasteiger partial charge in [-0.1, -0.05) is 29.8 Å². The largest absolute Gasteiger partial charge is 0.321 e. The molecule has 0 aromatic heterocycles. The summed E-state index contributed by atoms with van der Waals surface area (Å²) in [4.78, 5) is 12.4. The fraction of sp³-hybridized carbons (Fsp3) is 0.133. The number of rotatable bonds is 4. The van der Waals surface area contributed by atoms with Gasteiger partial charge < -0.3 is 5.32 Å². The van der Waals surface area contributed by atoms with Gasteiger partial charge >= 0.3 is 0 Å². The van der Waals surface area contributed by atoms with Crippen molar-refractivity contribution in [1.29, 1.82) is 0 Å². The maximum Gasteiger partial charge on any atom is 0.257 e. The Labute approximate surface area is 134 Å². The Morgan fingerprint density at radius 1 is 1.09 bits per heavy atom. The first kappa shape index (κ1) is 16.3. The smallest absolute Gasteiger partial charge is 0.257 e. The van der Waals surface area contributed by atoms with Gasteiger partial charge in [-0.2, -0.15) is 0 Å². The number of sulfonamides is 1. The monoisotopic (exact) mass is 338 g/mol. The molecule has 0 heterocycles. The fourth-order valence-corrected chi connectivity index (χ4v) is 2.74. The summed E-state index contributed by atoms with van der Waals surface area (Å²) in [7, 11) is -3.48. The molecule has 0 fully saturated rings. The predicted octanol–water partition coefficient (Wildman–Crippen LogP) is 3.27. The molecule has 2 aromatic carbocycles. The molecule has 0 unspecified atom stereocenters. The van der Waals surface area contributed by atoms with Crippen molar-refractivity contribution >= 4 is 38.9 Å². The van der Waals surface area contributed by atoms with E-state index in [-0.39, 0.29) is 11.3 Å². The van der Waals surface area contributed by atoms with E-state index < -0.39 is 15.9 Å². The van der Waals surface area contributed by atoms with Gasteiger partial charge in [0.2, 0.25) is 10.0 Å². The average Bonchev–Trinajstić information content (AvgIpc) is 2.40. The Kier molecular flexibility index (Phi) is 4.73. The first-order valence-corrected chi connectivity index (χ1v) is 8.67. The zero-order valence-electron chi connectivity index (χ0n) is 12.1. The first-order chi connectivity index (χ1) is 10.3. The van der Waals surface area contributed by atoms with Crippen LogP contribution in [0.15, 0.2) is 42.5 Å². The zero-order valence-corrected chi connectivity index (χ0v) is 13.6. The number of amides is 1. The summed E-state index contributed by atoms with van der Waals surface area (Å²) < 4.78 is 25.0. The van der Waals surface area contributed by atoms with Gasteiger partial charge in [0, 0.05) is 0 Å². The quantitative estimate of drug-likeness (QED) is 0.898. The zero-order chi connectivity index (χ0) is 16.3. The van der Waals surface area contributed by atoms with Crippen molar-refractivity contribution in [1.82, 2.24) is 0 Å². The molecule has 0 atom stereocenters. The molecule has 0 saturated heterocycles. The molecule has 0 spiro atoms. The normalized spacial score (nSPS) is 11.0. The number of hydrogen-bond donors (Lipinski definition) is 2. The van der Waals surface area contributed by atoms with Crippen LogP contribution in [0.2, 0.25) is 5.02 Å². The van der Waals surface area contributed by atoms with Gasteiger partial charge in [0.1, 0.15) is 0 Å². The standard InChI is InChI=1S/C15H15ClN2O3S/c1-10-7-8-14(12(16)9-10)17-15(19)11-5-3-4-6-13(11)18-22(2,20)21/h3-9,18H,1-2H3,(H,17,19). The van der Waals surface area contributed by atoms with Gasteiger partial charge in [0.15, 0.2) is 0 Å². The lowest BCUT2D eigenvalue weighted by Crippen LogP contribution is -2.17. The van der Waals surface area contributed by atoms with E-state index in [1.165, 1.54) is 12.1 Å². The van der Waals surface area contributed by atoms with E-state index in [1.54, 1.807) is 24.3 Å². The fourth-order valence-electron chi connectivity index (χ4n) is 1.88. The first-order valence-electron chi connectivity index (χ1n) is 6.40. The Morgan fingerprint density at radius 3 is 2.41 bits per heavy atom. The van der Waals surface area contributed by atoms with E-state index in [2.05, 4.69) is 10.0 Å². The molecule has 116 valence electrons. The molecule has 22 heavy (non-hydrogen) atoms. The summed E-state index contributed by atoms with van der Waals surface area (Å²) >= 11 is 6.08. The van der Waals surface area contributed by atoms with E-state index in [9.17, 15) is 13.2 Å². The molecule has 0 aliphatic rings. The highest BCUT2D eigenvalue weighted by atomic mass is 35.5. The molecular formula is C15H15ClN2O3S. The van der Waals surface area contributed by atoms with Crippen LogP contribution < -0.4 is 10.0 Å². The van der Waals surface area contributed by atoms with Crippen LogP contribution in [0.25, 0.3) is 0 Å². The maximum atomic E-state index is 12.4. The van der Waals surface area contributed by atoms with Gasteiger partial charge in [0.05, 0.1) is 28.2 Å². The average molecular weight is 339 g/mol. The van der Waals surface area contributed by atoms with Crippen molar-refractivity contribution in [2.24, 2.45) is 0 Å². The number of para-hydroxylation sites is 1. The number of halogens is 1. The van der Waals surface area contributed by atoms with Gasteiger partial charge in [-0.25, -0.2) is 8.42 Å². The topological polar surface area (TPSA) is 75.3 Å². The highest BCUT2D eigenvalue weighted by Crippen LogP contribution is 2.24. The highest BCUT2D eigenvalue weighted by Gasteiger charge is 2.14. The van der Waals surface area contributed by atoms with Crippen molar-refractivity contribution in [2.75, 3.05) is 16.3 Å². The van der Waals surface area contributed by atoms with Gasteiger partial charge in [-0.3, -0.25) is 9.52 Å². The molecule has 5 nitrogen and oxygen atoms in total. The number of carbonyl (C=O) groups is 1.